The molecule has 0 aliphatic rings. The minimum Gasteiger partial charge on any atom is -0.345 e. The first-order valence-electron chi connectivity index (χ1n) is 6.55. The van der Waals surface area contributed by atoms with Crippen LogP contribution in [0.2, 0.25) is 0 Å². The molecular weight excluding hydrogens is 266 g/mol. The lowest BCUT2D eigenvalue weighted by Gasteiger charge is -2.23. The Labute approximate surface area is 117 Å². The smallest absolute Gasteiger partial charge is 0.237 e. The molecule has 1 atom stereocenters. The van der Waals surface area contributed by atoms with Crippen molar-refractivity contribution in [1.29, 1.82) is 0 Å². The van der Waals surface area contributed by atoms with E-state index in [1.807, 2.05) is 13.8 Å². The highest BCUT2D eigenvalue weighted by Crippen LogP contribution is 2.04. The van der Waals surface area contributed by atoms with Gasteiger partial charge in [0.25, 0.3) is 0 Å². The first-order chi connectivity index (χ1) is 8.61. The van der Waals surface area contributed by atoms with Gasteiger partial charge < -0.3 is 10.6 Å². The second-order valence-corrected chi connectivity index (χ2v) is 7.53. The summed E-state index contributed by atoms with van der Waals surface area (Å²) in [6.07, 6.45) is 0.712. The maximum Gasteiger partial charge on any atom is 0.237 e. The molecule has 7 heteroatoms. The standard InChI is InChI=1S/C12H27N3O3S/c1-6-19(17,18)15(5)9-12(16)14(4)8-7-11(13)10(2)3/h10-11H,6-9,13H2,1-5H3. The fourth-order valence-electron chi connectivity index (χ4n) is 1.43. The van der Waals surface area contributed by atoms with Gasteiger partial charge in [0, 0.05) is 26.7 Å². The van der Waals surface area contributed by atoms with Crippen LogP contribution in [0.1, 0.15) is 27.2 Å². The highest BCUT2D eigenvalue weighted by atomic mass is 32.2. The lowest BCUT2D eigenvalue weighted by atomic mass is 10.0. The third kappa shape index (κ3) is 6.35. The molecule has 0 aliphatic carbocycles. The topological polar surface area (TPSA) is 83.7 Å². The summed E-state index contributed by atoms with van der Waals surface area (Å²) in [5.74, 6) is 0.153. The van der Waals surface area contributed by atoms with Crippen LogP contribution in [0.5, 0.6) is 0 Å². The average molecular weight is 293 g/mol. The Kier molecular flexibility index (Phi) is 7.54. The van der Waals surface area contributed by atoms with E-state index in [0.717, 1.165) is 4.31 Å². The molecule has 0 saturated carbocycles. The summed E-state index contributed by atoms with van der Waals surface area (Å²) in [6, 6.07) is 0.0485. The zero-order chi connectivity index (χ0) is 15.2. The van der Waals surface area contributed by atoms with Crippen LogP contribution >= 0.6 is 0 Å². The molecule has 19 heavy (non-hydrogen) atoms. The molecule has 0 spiro atoms. The number of nitrogens with two attached hydrogens (primary N) is 1. The Morgan fingerprint density at radius 1 is 1.26 bits per heavy atom. The van der Waals surface area contributed by atoms with Gasteiger partial charge in [0.15, 0.2) is 0 Å². The van der Waals surface area contributed by atoms with Gasteiger partial charge in [-0.2, -0.15) is 4.31 Å². The van der Waals surface area contributed by atoms with E-state index in [2.05, 4.69) is 0 Å². The van der Waals surface area contributed by atoms with Crippen LogP contribution in [0.3, 0.4) is 0 Å². The van der Waals surface area contributed by atoms with Crippen molar-refractivity contribution < 1.29 is 13.2 Å². The summed E-state index contributed by atoms with van der Waals surface area (Å²) in [7, 11) is -0.221. The van der Waals surface area contributed by atoms with E-state index in [9.17, 15) is 13.2 Å². The van der Waals surface area contributed by atoms with Crippen LogP contribution < -0.4 is 5.73 Å². The van der Waals surface area contributed by atoms with Crippen LogP contribution in [-0.4, -0.2) is 62.5 Å². The van der Waals surface area contributed by atoms with Gasteiger partial charge >= 0.3 is 0 Å². The molecule has 0 aromatic carbocycles. The Morgan fingerprint density at radius 2 is 1.79 bits per heavy atom. The van der Waals surface area contributed by atoms with Gasteiger partial charge in [-0.25, -0.2) is 8.42 Å². The normalized spacial score (nSPS) is 13.9. The summed E-state index contributed by atoms with van der Waals surface area (Å²) in [4.78, 5) is 13.4. The molecule has 0 rings (SSSR count). The van der Waals surface area contributed by atoms with Gasteiger partial charge in [-0.3, -0.25) is 4.79 Å². The molecule has 0 saturated heterocycles. The predicted molar refractivity (Wildman–Crippen MR) is 77.2 cm³/mol. The molecular formula is C12H27N3O3S. The van der Waals surface area contributed by atoms with Gasteiger partial charge in [-0.15, -0.1) is 0 Å². The van der Waals surface area contributed by atoms with E-state index in [1.54, 1.807) is 14.0 Å². The van der Waals surface area contributed by atoms with Crippen molar-refractivity contribution in [3.05, 3.63) is 0 Å². The molecule has 6 nitrogen and oxygen atoms in total. The van der Waals surface area contributed by atoms with Gasteiger partial charge in [0.2, 0.25) is 15.9 Å². The zero-order valence-corrected chi connectivity index (χ0v) is 13.4. The summed E-state index contributed by atoms with van der Waals surface area (Å²) in [5, 5.41) is 0. The Morgan fingerprint density at radius 3 is 2.21 bits per heavy atom. The van der Waals surface area contributed by atoms with E-state index < -0.39 is 10.0 Å². The highest BCUT2D eigenvalue weighted by molar-refractivity contribution is 7.89. The van der Waals surface area contributed by atoms with E-state index >= 15 is 0 Å². The molecule has 0 aromatic rings. The van der Waals surface area contributed by atoms with Crippen molar-refractivity contribution in [1.82, 2.24) is 9.21 Å². The van der Waals surface area contributed by atoms with Crippen LogP contribution in [0, 0.1) is 5.92 Å². The third-order valence-electron chi connectivity index (χ3n) is 3.28. The number of carbonyl (C=O) groups excluding carboxylic acids is 1. The van der Waals surface area contributed by atoms with E-state index in [1.165, 1.54) is 11.9 Å². The number of amides is 1. The number of hydrogen-bond acceptors (Lipinski definition) is 4. The maximum absolute atomic E-state index is 11.9. The van der Waals surface area contributed by atoms with Crippen molar-refractivity contribution in [2.45, 2.75) is 33.2 Å². The Bertz CT molecular complexity index is 382. The summed E-state index contributed by atoms with van der Waals surface area (Å²) in [6.45, 7) is 6.05. The molecule has 0 bridgehead atoms. The second-order valence-electron chi connectivity index (χ2n) is 5.17. The first kappa shape index (κ1) is 18.3. The molecule has 2 N–H and O–H groups in total. The molecule has 0 aliphatic heterocycles. The van der Waals surface area contributed by atoms with Crippen molar-refractivity contribution in [2.75, 3.05) is 32.9 Å². The number of sulfonamides is 1. The van der Waals surface area contributed by atoms with Crippen molar-refractivity contribution in [3.8, 4) is 0 Å². The number of rotatable bonds is 8. The van der Waals surface area contributed by atoms with E-state index in [4.69, 9.17) is 5.73 Å². The number of hydrogen-bond donors (Lipinski definition) is 1. The molecule has 1 amide bonds. The van der Waals surface area contributed by atoms with Gasteiger partial charge in [0.05, 0.1) is 12.3 Å². The fourth-order valence-corrected chi connectivity index (χ4v) is 2.18. The zero-order valence-electron chi connectivity index (χ0n) is 12.6. The van der Waals surface area contributed by atoms with Crippen LogP contribution in [-0.2, 0) is 14.8 Å². The summed E-state index contributed by atoms with van der Waals surface area (Å²) >= 11 is 0. The minimum absolute atomic E-state index is 0.00127. The molecule has 1 unspecified atom stereocenters. The Hall–Kier alpha value is -0.660. The lowest BCUT2D eigenvalue weighted by Crippen LogP contribution is -2.41. The highest BCUT2D eigenvalue weighted by Gasteiger charge is 2.20. The molecule has 0 heterocycles. The monoisotopic (exact) mass is 293 g/mol. The lowest BCUT2D eigenvalue weighted by molar-refractivity contribution is -0.130. The summed E-state index contributed by atoms with van der Waals surface area (Å²) < 4.78 is 24.2. The molecule has 0 radical (unpaired) electrons. The number of likely N-dealkylation sites (N-methyl/N-ethyl adjacent to an activating group) is 2. The molecule has 114 valence electrons. The fraction of sp³-hybridized carbons (Fsp3) is 0.917. The van der Waals surface area contributed by atoms with Crippen molar-refractivity contribution >= 4 is 15.9 Å². The quantitative estimate of drug-likeness (QED) is 0.688. The first-order valence-corrected chi connectivity index (χ1v) is 8.16. The predicted octanol–water partition coefficient (Wildman–Crippen LogP) is 0.0997. The average Bonchev–Trinajstić information content (AvgIpc) is 2.34. The minimum atomic E-state index is -3.31. The van der Waals surface area contributed by atoms with Crippen molar-refractivity contribution in [2.24, 2.45) is 11.7 Å². The number of nitrogens with zero attached hydrogens (tertiary/aromatic N) is 2. The largest absolute Gasteiger partial charge is 0.345 e. The Balaban J connectivity index is 4.29. The molecule has 0 aromatic heterocycles. The third-order valence-corrected chi connectivity index (χ3v) is 5.09. The van der Waals surface area contributed by atoms with Crippen LogP contribution in [0.15, 0.2) is 0 Å². The van der Waals surface area contributed by atoms with Gasteiger partial charge in [-0.1, -0.05) is 13.8 Å². The second kappa shape index (κ2) is 7.81. The van der Waals surface area contributed by atoms with Gasteiger partial charge in [-0.05, 0) is 19.3 Å². The van der Waals surface area contributed by atoms with Crippen LogP contribution in [0.4, 0.5) is 0 Å². The maximum atomic E-state index is 11.9. The van der Waals surface area contributed by atoms with E-state index in [0.29, 0.717) is 18.9 Å². The van der Waals surface area contributed by atoms with Gasteiger partial charge in [0.1, 0.15) is 0 Å². The molecule has 0 fully saturated rings. The summed E-state index contributed by atoms with van der Waals surface area (Å²) in [5.41, 5.74) is 5.91. The SMILES string of the molecule is CCS(=O)(=O)N(C)CC(=O)N(C)CCC(N)C(C)C. The van der Waals surface area contributed by atoms with Crippen molar-refractivity contribution in [3.63, 3.8) is 0 Å². The van der Waals surface area contributed by atoms with E-state index in [-0.39, 0.29) is 24.2 Å². The number of carbonyl (C=O) groups is 1. The van der Waals surface area contributed by atoms with Crippen LogP contribution in [0.25, 0.3) is 0 Å².